The molecule has 2 aromatic heterocycles. The van der Waals surface area contributed by atoms with Gasteiger partial charge >= 0.3 is 0 Å². The Morgan fingerprint density at radius 1 is 1.04 bits per heavy atom. The van der Waals surface area contributed by atoms with Crippen molar-refractivity contribution in [2.75, 3.05) is 0 Å². The fourth-order valence-corrected chi connectivity index (χ4v) is 3.46. The zero-order valence-electron chi connectivity index (χ0n) is 13.4. The number of hydrogen-bond donors (Lipinski definition) is 0. The van der Waals surface area contributed by atoms with Crippen LogP contribution in [0.25, 0.3) is 10.9 Å². The largest absolute Gasteiger partial charge is 0.351 e. The highest BCUT2D eigenvalue weighted by molar-refractivity contribution is 9.10. The van der Waals surface area contributed by atoms with Crippen molar-refractivity contribution in [1.29, 1.82) is 0 Å². The van der Waals surface area contributed by atoms with E-state index in [1.54, 1.807) is 0 Å². The third kappa shape index (κ3) is 2.89. The summed E-state index contributed by atoms with van der Waals surface area (Å²) in [5.74, 6) is 0. The van der Waals surface area contributed by atoms with Crippen molar-refractivity contribution >= 4 is 26.8 Å². The molecule has 4 aromatic rings. The van der Waals surface area contributed by atoms with Crippen LogP contribution in [0, 0.1) is 0 Å². The average molecular weight is 380 g/mol. The summed E-state index contributed by atoms with van der Waals surface area (Å²) in [7, 11) is 2.08. The lowest BCUT2D eigenvalue weighted by Crippen LogP contribution is -2.12. The first kappa shape index (κ1) is 15.2. The fraction of sp³-hybridized carbons (Fsp3) is 0.150. The van der Waals surface area contributed by atoms with E-state index in [0.29, 0.717) is 0 Å². The van der Waals surface area contributed by atoms with Crippen molar-refractivity contribution in [2.45, 2.75) is 12.5 Å². The van der Waals surface area contributed by atoms with Crippen LogP contribution < -0.4 is 0 Å². The molecule has 24 heavy (non-hydrogen) atoms. The van der Waals surface area contributed by atoms with Crippen LogP contribution in [0.1, 0.15) is 17.2 Å². The SMILES string of the molecule is Cn1ccc2cc(C(Cc3ccc(Br)cc3)n3ccnc3)ccc21. The van der Waals surface area contributed by atoms with Crippen molar-refractivity contribution in [3.05, 3.63) is 89.0 Å². The fourth-order valence-electron chi connectivity index (χ4n) is 3.20. The van der Waals surface area contributed by atoms with Gasteiger partial charge in [0.15, 0.2) is 0 Å². The second-order valence-corrected chi connectivity index (χ2v) is 7.02. The van der Waals surface area contributed by atoms with Crippen LogP contribution in [0.4, 0.5) is 0 Å². The molecule has 120 valence electrons. The highest BCUT2D eigenvalue weighted by Crippen LogP contribution is 2.27. The van der Waals surface area contributed by atoms with Crippen molar-refractivity contribution in [3.63, 3.8) is 0 Å². The van der Waals surface area contributed by atoms with E-state index in [0.717, 1.165) is 10.9 Å². The number of rotatable bonds is 4. The molecule has 0 saturated carbocycles. The highest BCUT2D eigenvalue weighted by atomic mass is 79.9. The van der Waals surface area contributed by atoms with E-state index in [9.17, 15) is 0 Å². The van der Waals surface area contributed by atoms with Gasteiger partial charge in [0.2, 0.25) is 0 Å². The molecule has 0 aliphatic carbocycles. The molecule has 4 heteroatoms. The summed E-state index contributed by atoms with van der Waals surface area (Å²) in [5.41, 5.74) is 3.87. The Morgan fingerprint density at radius 2 is 1.88 bits per heavy atom. The zero-order chi connectivity index (χ0) is 16.5. The molecular formula is C20H18BrN3. The summed E-state index contributed by atoms with van der Waals surface area (Å²) in [6.07, 6.45) is 8.82. The Kier molecular flexibility index (Phi) is 3.98. The molecule has 3 nitrogen and oxygen atoms in total. The van der Waals surface area contributed by atoms with Crippen molar-refractivity contribution in [1.82, 2.24) is 14.1 Å². The van der Waals surface area contributed by atoms with E-state index in [1.807, 2.05) is 18.7 Å². The topological polar surface area (TPSA) is 22.8 Å². The van der Waals surface area contributed by atoms with Crippen molar-refractivity contribution < 1.29 is 0 Å². The first-order valence-corrected chi connectivity index (χ1v) is 8.77. The normalized spacial score (nSPS) is 12.6. The van der Waals surface area contributed by atoms with E-state index in [4.69, 9.17) is 0 Å². The third-order valence-electron chi connectivity index (χ3n) is 4.52. The standard InChI is InChI=1S/C20H18BrN3/c1-23-10-8-17-13-16(4-7-19(17)23)20(24-11-9-22-14-24)12-15-2-5-18(21)6-3-15/h2-11,13-14,20H,12H2,1H3. The van der Waals surface area contributed by atoms with Crippen LogP contribution in [0.3, 0.4) is 0 Å². The Labute approximate surface area is 149 Å². The summed E-state index contributed by atoms with van der Waals surface area (Å²) < 4.78 is 5.45. The van der Waals surface area contributed by atoms with Gasteiger partial charge in [0.25, 0.3) is 0 Å². The van der Waals surface area contributed by atoms with E-state index >= 15 is 0 Å². The number of aromatic nitrogens is 3. The Bertz CT molecular complexity index is 952. The summed E-state index contributed by atoms with van der Waals surface area (Å²) in [6, 6.07) is 17.7. The van der Waals surface area contributed by atoms with Gasteiger partial charge in [-0.2, -0.15) is 0 Å². The van der Waals surface area contributed by atoms with Crippen LogP contribution in [0.2, 0.25) is 0 Å². The van der Waals surface area contributed by atoms with Crippen molar-refractivity contribution in [2.24, 2.45) is 7.05 Å². The first-order chi connectivity index (χ1) is 11.7. The van der Waals surface area contributed by atoms with E-state index in [-0.39, 0.29) is 6.04 Å². The molecule has 0 bridgehead atoms. The quantitative estimate of drug-likeness (QED) is 0.490. The molecule has 1 unspecified atom stereocenters. The van der Waals surface area contributed by atoms with Gasteiger partial charge in [-0.25, -0.2) is 4.98 Å². The number of fused-ring (bicyclic) bond motifs is 1. The van der Waals surface area contributed by atoms with Crippen LogP contribution in [-0.4, -0.2) is 14.1 Å². The van der Waals surface area contributed by atoms with Gasteiger partial charge in [0.05, 0.1) is 12.4 Å². The van der Waals surface area contributed by atoms with E-state index < -0.39 is 0 Å². The van der Waals surface area contributed by atoms with Crippen LogP contribution in [-0.2, 0) is 13.5 Å². The second-order valence-electron chi connectivity index (χ2n) is 6.10. The number of aryl methyl sites for hydroxylation is 1. The van der Waals surface area contributed by atoms with Gasteiger partial charge in [-0.05, 0) is 53.3 Å². The van der Waals surface area contributed by atoms with Gasteiger partial charge in [-0.3, -0.25) is 0 Å². The summed E-state index contributed by atoms with van der Waals surface area (Å²) >= 11 is 3.51. The molecule has 1 atom stereocenters. The maximum atomic E-state index is 4.24. The second kappa shape index (κ2) is 6.29. The predicted octanol–water partition coefficient (Wildman–Crippen LogP) is 4.97. The molecule has 0 N–H and O–H groups in total. The lowest BCUT2D eigenvalue weighted by Gasteiger charge is -2.20. The number of nitrogens with zero attached hydrogens (tertiary/aromatic N) is 3. The zero-order valence-corrected chi connectivity index (χ0v) is 15.0. The Morgan fingerprint density at radius 3 is 2.62 bits per heavy atom. The number of imidazole rings is 1. The third-order valence-corrected chi connectivity index (χ3v) is 5.05. The minimum absolute atomic E-state index is 0.235. The molecule has 0 spiro atoms. The van der Waals surface area contributed by atoms with Gasteiger partial charge in [-0.1, -0.05) is 34.1 Å². The van der Waals surface area contributed by atoms with Gasteiger partial charge in [0, 0.05) is 35.6 Å². The lowest BCUT2D eigenvalue weighted by atomic mass is 9.97. The summed E-state index contributed by atoms with van der Waals surface area (Å²) in [6.45, 7) is 0. The van der Waals surface area contributed by atoms with Crippen LogP contribution >= 0.6 is 15.9 Å². The average Bonchev–Trinajstić information content (AvgIpc) is 3.24. The molecular weight excluding hydrogens is 362 g/mol. The minimum atomic E-state index is 0.235. The monoisotopic (exact) mass is 379 g/mol. The van der Waals surface area contributed by atoms with Crippen LogP contribution in [0.5, 0.6) is 0 Å². The highest BCUT2D eigenvalue weighted by Gasteiger charge is 2.15. The molecule has 0 aliphatic heterocycles. The maximum Gasteiger partial charge on any atom is 0.0951 e. The number of halogens is 1. The summed E-state index contributed by atoms with van der Waals surface area (Å²) in [4.78, 5) is 4.24. The molecule has 0 saturated heterocycles. The van der Waals surface area contributed by atoms with Gasteiger partial charge in [-0.15, -0.1) is 0 Å². The molecule has 4 rings (SSSR count). The predicted molar refractivity (Wildman–Crippen MR) is 101 cm³/mol. The van der Waals surface area contributed by atoms with Crippen LogP contribution in [0.15, 0.2) is 77.9 Å². The minimum Gasteiger partial charge on any atom is -0.351 e. The molecule has 2 heterocycles. The van der Waals surface area contributed by atoms with Crippen molar-refractivity contribution in [3.8, 4) is 0 Å². The molecule has 0 radical (unpaired) electrons. The Hall–Kier alpha value is -2.33. The van der Waals surface area contributed by atoms with Gasteiger partial charge in [0.1, 0.15) is 0 Å². The van der Waals surface area contributed by atoms with E-state index in [1.165, 1.54) is 22.0 Å². The number of benzene rings is 2. The molecule has 2 aromatic carbocycles. The first-order valence-electron chi connectivity index (χ1n) is 7.97. The Balaban J connectivity index is 1.75. The molecule has 0 amide bonds. The number of hydrogen-bond acceptors (Lipinski definition) is 1. The van der Waals surface area contributed by atoms with E-state index in [2.05, 4.69) is 91.8 Å². The molecule has 0 aliphatic rings. The molecule has 0 fully saturated rings. The smallest absolute Gasteiger partial charge is 0.0951 e. The summed E-state index contributed by atoms with van der Waals surface area (Å²) in [5, 5.41) is 1.27. The lowest BCUT2D eigenvalue weighted by molar-refractivity contribution is 0.581. The maximum absolute atomic E-state index is 4.24. The van der Waals surface area contributed by atoms with Gasteiger partial charge < -0.3 is 9.13 Å².